The molecule has 34 heavy (non-hydrogen) atoms. The van der Waals surface area contributed by atoms with Crippen molar-refractivity contribution in [3.8, 4) is 67.5 Å². The van der Waals surface area contributed by atoms with Crippen LogP contribution in [-0.2, 0) is 0 Å². The van der Waals surface area contributed by atoms with E-state index in [-0.39, 0.29) is 23.0 Å². The molecule has 4 N–H and O–H groups in total. The summed E-state index contributed by atoms with van der Waals surface area (Å²) in [5.74, 6) is 0.757. The molecular formula is C30H22O4. The lowest BCUT2D eigenvalue weighted by molar-refractivity contribution is 0.475. The minimum atomic E-state index is 0.189. The maximum atomic E-state index is 9.82. The monoisotopic (exact) mass is 446 g/mol. The second kappa shape index (κ2) is 8.68. The van der Waals surface area contributed by atoms with Gasteiger partial charge in [0.1, 0.15) is 23.0 Å². The number of benzene rings is 5. The standard InChI is InChI=1S/C30H22O4/c31-23-9-1-19(2-10-23)27-17-29(21-5-13-25(33)14-6-21)30(22-7-15-26(34)16-8-22)18-28(27)20-3-11-24(32)12-4-20/h1-18,31-34H. The van der Waals surface area contributed by atoms with Crippen molar-refractivity contribution in [3.63, 3.8) is 0 Å². The molecule has 166 valence electrons. The van der Waals surface area contributed by atoms with Crippen LogP contribution in [0.4, 0.5) is 0 Å². The Morgan fingerprint density at radius 1 is 0.265 bits per heavy atom. The van der Waals surface area contributed by atoms with E-state index in [1.165, 1.54) is 0 Å². The van der Waals surface area contributed by atoms with Gasteiger partial charge in [-0.05, 0) is 105 Å². The Morgan fingerprint density at radius 2 is 0.441 bits per heavy atom. The molecule has 0 unspecified atom stereocenters. The molecule has 0 aliphatic rings. The van der Waals surface area contributed by atoms with Crippen LogP contribution < -0.4 is 0 Å². The van der Waals surface area contributed by atoms with Gasteiger partial charge in [0.05, 0.1) is 0 Å². The summed E-state index contributed by atoms with van der Waals surface area (Å²) in [4.78, 5) is 0. The van der Waals surface area contributed by atoms with E-state index in [4.69, 9.17) is 0 Å². The van der Waals surface area contributed by atoms with Crippen LogP contribution in [0.15, 0.2) is 109 Å². The van der Waals surface area contributed by atoms with Crippen molar-refractivity contribution < 1.29 is 20.4 Å². The predicted molar refractivity (Wildman–Crippen MR) is 135 cm³/mol. The predicted octanol–water partition coefficient (Wildman–Crippen LogP) is 7.18. The first-order valence-electron chi connectivity index (χ1n) is 10.8. The molecule has 0 bridgehead atoms. The number of phenols is 4. The summed E-state index contributed by atoms with van der Waals surface area (Å²) in [7, 11) is 0. The molecule has 0 fully saturated rings. The van der Waals surface area contributed by atoms with Gasteiger partial charge in [0.15, 0.2) is 0 Å². The first-order valence-corrected chi connectivity index (χ1v) is 10.8. The van der Waals surface area contributed by atoms with Gasteiger partial charge < -0.3 is 20.4 Å². The van der Waals surface area contributed by atoms with E-state index in [1.54, 1.807) is 48.5 Å². The lowest BCUT2D eigenvalue weighted by Crippen LogP contribution is -1.92. The van der Waals surface area contributed by atoms with Crippen molar-refractivity contribution in [2.75, 3.05) is 0 Å². The van der Waals surface area contributed by atoms with Gasteiger partial charge in [-0.3, -0.25) is 0 Å². The van der Waals surface area contributed by atoms with Crippen molar-refractivity contribution in [2.45, 2.75) is 0 Å². The van der Waals surface area contributed by atoms with E-state index in [0.717, 1.165) is 44.5 Å². The molecule has 0 spiro atoms. The van der Waals surface area contributed by atoms with Crippen LogP contribution in [0.3, 0.4) is 0 Å². The molecular weight excluding hydrogens is 424 g/mol. The fourth-order valence-electron chi connectivity index (χ4n) is 4.12. The minimum Gasteiger partial charge on any atom is -0.508 e. The molecule has 0 aromatic heterocycles. The highest BCUT2D eigenvalue weighted by Crippen LogP contribution is 2.43. The zero-order chi connectivity index (χ0) is 23.7. The number of phenolic OH excluding ortho intramolecular Hbond substituents is 4. The van der Waals surface area contributed by atoms with Gasteiger partial charge in [0.2, 0.25) is 0 Å². The number of hydrogen-bond acceptors (Lipinski definition) is 4. The lowest BCUT2D eigenvalue weighted by Gasteiger charge is -2.18. The molecule has 0 aliphatic carbocycles. The highest BCUT2D eigenvalue weighted by Gasteiger charge is 2.16. The van der Waals surface area contributed by atoms with Gasteiger partial charge in [-0.2, -0.15) is 0 Å². The van der Waals surface area contributed by atoms with Crippen LogP contribution in [0.2, 0.25) is 0 Å². The summed E-state index contributed by atoms with van der Waals surface area (Å²) in [6.45, 7) is 0. The number of rotatable bonds is 4. The molecule has 0 aliphatic heterocycles. The average Bonchev–Trinajstić information content (AvgIpc) is 2.85. The third-order valence-corrected chi connectivity index (χ3v) is 5.87. The maximum absolute atomic E-state index is 9.82. The Labute approximate surface area is 197 Å². The Morgan fingerprint density at radius 3 is 0.618 bits per heavy atom. The topological polar surface area (TPSA) is 80.9 Å². The van der Waals surface area contributed by atoms with E-state index >= 15 is 0 Å². The van der Waals surface area contributed by atoms with Gasteiger partial charge in [-0.1, -0.05) is 48.5 Å². The van der Waals surface area contributed by atoms with Crippen LogP contribution in [0.1, 0.15) is 0 Å². The van der Waals surface area contributed by atoms with Crippen LogP contribution in [0.25, 0.3) is 44.5 Å². The van der Waals surface area contributed by atoms with Crippen molar-refractivity contribution >= 4 is 0 Å². The normalized spacial score (nSPS) is 10.8. The van der Waals surface area contributed by atoms with E-state index in [1.807, 2.05) is 48.5 Å². The van der Waals surface area contributed by atoms with E-state index in [9.17, 15) is 20.4 Å². The highest BCUT2D eigenvalue weighted by molar-refractivity contribution is 5.95. The quantitative estimate of drug-likeness (QED) is 0.236. The second-order valence-electron chi connectivity index (χ2n) is 8.13. The van der Waals surface area contributed by atoms with Gasteiger partial charge in [-0.25, -0.2) is 0 Å². The zero-order valence-electron chi connectivity index (χ0n) is 18.2. The van der Waals surface area contributed by atoms with Crippen molar-refractivity contribution in [3.05, 3.63) is 109 Å². The molecule has 5 aromatic carbocycles. The van der Waals surface area contributed by atoms with Gasteiger partial charge in [0.25, 0.3) is 0 Å². The van der Waals surface area contributed by atoms with Crippen molar-refractivity contribution in [1.82, 2.24) is 0 Å². The SMILES string of the molecule is Oc1ccc(-c2cc(-c3ccc(O)cc3)c(-c3ccc(O)cc3)cc2-c2ccc(O)cc2)cc1. The fourth-order valence-corrected chi connectivity index (χ4v) is 4.12. The highest BCUT2D eigenvalue weighted by atomic mass is 16.3. The van der Waals surface area contributed by atoms with Crippen LogP contribution in [0, 0.1) is 0 Å². The van der Waals surface area contributed by atoms with Gasteiger partial charge in [0, 0.05) is 0 Å². The number of hydrogen-bond donors (Lipinski definition) is 4. The first kappa shape index (κ1) is 21.2. The average molecular weight is 447 g/mol. The third kappa shape index (κ3) is 4.17. The molecule has 0 amide bonds. The van der Waals surface area contributed by atoms with Crippen LogP contribution in [0.5, 0.6) is 23.0 Å². The summed E-state index contributed by atoms with van der Waals surface area (Å²) >= 11 is 0. The molecule has 0 saturated heterocycles. The van der Waals surface area contributed by atoms with E-state index in [2.05, 4.69) is 12.1 Å². The summed E-state index contributed by atoms with van der Waals surface area (Å²) in [6, 6.07) is 32.4. The van der Waals surface area contributed by atoms with Crippen molar-refractivity contribution in [1.29, 1.82) is 0 Å². The van der Waals surface area contributed by atoms with Gasteiger partial charge in [-0.15, -0.1) is 0 Å². The summed E-state index contributed by atoms with van der Waals surface area (Å²) in [6.07, 6.45) is 0. The van der Waals surface area contributed by atoms with E-state index < -0.39 is 0 Å². The molecule has 0 radical (unpaired) electrons. The first-order chi connectivity index (χ1) is 16.5. The molecule has 5 aromatic rings. The Kier molecular flexibility index (Phi) is 5.40. The van der Waals surface area contributed by atoms with E-state index in [0.29, 0.717) is 0 Å². The Hall–Kier alpha value is -4.70. The summed E-state index contributed by atoms with van der Waals surface area (Å²) in [5.41, 5.74) is 7.54. The molecule has 4 heteroatoms. The van der Waals surface area contributed by atoms with Gasteiger partial charge >= 0.3 is 0 Å². The minimum absolute atomic E-state index is 0.189. The number of aromatic hydroxyl groups is 4. The van der Waals surface area contributed by atoms with Crippen molar-refractivity contribution in [2.24, 2.45) is 0 Å². The zero-order valence-corrected chi connectivity index (χ0v) is 18.2. The Bertz CT molecular complexity index is 1210. The second-order valence-corrected chi connectivity index (χ2v) is 8.13. The smallest absolute Gasteiger partial charge is 0.115 e. The maximum Gasteiger partial charge on any atom is 0.115 e. The summed E-state index contributed by atoms with van der Waals surface area (Å²) < 4.78 is 0. The van der Waals surface area contributed by atoms with Crippen LogP contribution in [-0.4, -0.2) is 20.4 Å². The molecule has 0 atom stereocenters. The molecule has 0 saturated carbocycles. The molecule has 4 nitrogen and oxygen atoms in total. The summed E-state index contributed by atoms with van der Waals surface area (Å²) in [5, 5.41) is 39.3. The third-order valence-electron chi connectivity index (χ3n) is 5.87. The Balaban J connectivity index is 1.83. The fraction of sp³-hybridized carbons (Fsp3) is 0. The van der Waals surface area contributed by atoms with Crippen LogP contribution >= 0.6 is 0 Å². The molecule has 5 rings (SSSR count). The lowest BCUT2D eigenvalue weighted by atomic mass is 9.85. The largest absolute Gasteiger partial charge is 0.508 e. The molecule has 0 heterocycles.